The summed E-state index contributed by atoms with van der Waals surface area (Å²) in [7, 11) is 1.18. The summed E-state index contributed by atoms with van der Waals surface area (Å²) in [6.45, 7) is -0.140. The lowest BCUT2D eigenvalue weighted by Crippen LogP contribution is -2.46. The Labute approximate surface area is 240 Å². The normalized spacial score (nSPS) is 15.6. The molecule has 1 atom stereocenters. The van der Waals surface area contributed by atoms with Crippen LogP contribution in [-0.4, -0.2) is 49.9 Å². The van der Waals surface area contributed by atoms with Crippen molar-refractivity contribution in [1.29, 1.82) is 0 Å². The quantitative estimate of drug-likeness (QED) is 0.190. The van der Waals surface area contributed by atoms with E-state index in [4.69, 9.17) is 16.3 Å². The molecule has 3 heterocycles. The number of nitrogens with zero attached hydrogens (tertiary/aromatic N) is 4. The number of ether oxygens (including phenoxy) is 1. The second-order valence-corrected chi connectivity index (χ2v) is 10.5. The van der Waals surface area contributed by atoms with Crippen LogP contribution in [0.1, 0.15) is 22.4 Å². The molecule has 0 aliphatic carbocycles. The van der Waals surface area contributed by atoms with E-state index in [1.54, 1.807) is 42.6 Å². The molecule has 1 aliphatic rings. The van der Waals surface area contributed by atoms with Crippen molar-refractivity contribution in [1.82, 2.24) is 19.7 Å². The molecule has 5 rings (SSSR count). The average Bonchev–Trinajstić information content (AvgIpc) is 3.46. The summed E-state index contributed by atoms with van der Waals surface area (Å²) in [5.74, 6) is -1.40. The highest BCUT2D eigenvalue weighted by Crippen LogP contribution is 2.36. The van der Waals surface area contributed by atoms with Crippen molar-refractivity contribution in [3.8, 4) is 0 Å². The molecule has 0 saturated carbocycles. The molecule has 4 aromatic rings. The Balaban J connectivity index is 1.40. The summed E-state index contributed by atoms with van der Waals surface area (Å²) in [6.07, 6.45) is -0.0304. The molecule has 2 aromatic carbocycles. The van der Waals surface area contributed by atoms with Gasteiger partial charge in [-0.2, -0.15) is 18.3 Å². The molecule has 13 heteroatoms. The first kappa shape index (κ1) is 28.4. The summed E-state index contributed by atoms with van der Waals surface area (Å²) in [5.41, 5.74) is 0.808. The largest absolute Gasteiger partial charge is 0.467 e. The Morgan fingerprint density at radius 3 is 2.66 bits per heavy atom. The molecule has 0 radical (unpaired) electrons. The third-order valence-corrected chi connectivity index (χ3v) is 7.52. The second kappa shape index (κ2) is 11.4. The van der Waals surface area contributed by atoms with Gasteiger partial charge in [0.15, 0.2) is 0 Å². The number of alkyl halides is 3. The first-order valence-corrected chi connectivity index (χ1v) is 13.3. The van der Waals surface area contributed by atoms with Gasteiger partial charge < -0.3 is 4.74 Å². The Morgan fingerprint density at radius 2 is 1.95 bits per heavy atom. The molecule has 0 N–H and O–H groups in total. The standard InChI is InChI=1S/C28H20ClF3N4O4S/c1-40-26(38)23(13-20-4-2-3-9-33-20)36-25(37)24(41-27(36)39)11-16-5-8-22-18(10-16)14-34-35(22)15-17-6-7-19(29)12-21(17)28(30,31)32/h2-12,14,23H,13,15H2,1H3/b24-11-. The fourth-order valence-electron chi connectivity index (χ4n) is 4.47. The number of carbonyl (C=O) groups is 3. The van der Waals surface area contributed by atoms with Crippen LogP contribution in [0.3, 0.4) is 0 Å². The number of thioether (sulfide) groups is 1. The Morgan fingerprint density at radius 1 is 1.15 bits per heavy atom. The van der Waals surface area contributed by atoms with Gasteiger partial charge in [-0.1, -0.05) is 29.8 Å². The number of pyridine rings is 1. The van der Waals surface area contributed by atoms with Gasteiger partial charge in [-0.05, 0) is 65.4 Å². The SMILES string of the molecule is COC(=O)C(Cc1ccccn1)N1C(=O)S/C(=C\c2ccc3c(cnn3Cc3ccc(Cl)cc3C(F)(F)F)c2)C1=O. The second-order valence-electron chi connectivity index (χ2n) is 9.04. The van der Waals surface area contributed by atoms with Crippen LogP contribution in [0.25, 0.3) is 17.0 Å². The van der Waals surface area contributed by atoms with Gasteiger partial charge in [0.2, 0.25) is 0 Å². The maximum Gasteiger partial charge on any atom is 0.416 e. The fraction of sp³-hybridized carbons (Fsp3) is 0.179. The van der Waals surface area contributed by atoms with Crippen LogP contribution in [0.15, 0.2) is 71.9 Å². The smallest absolute Gasteiger partial charge is 0.416 e. The monoisotopic (exact) mass is 600 g/mol. The summed E-state index contributed by atoms with van der Waals surface area (Å²) >= 11 is 6.48. The van der Waals surface area contributed by atoms with Crippen LogP contribution < -0.4 is 0 Å². The lowest BCUT2D eigenvalue weighted by molar-refractivity contribution is -0.148. The number of benzene rings is 2. The van der Waals surface area contributed by atoms with Crippen LogP contribution in [0.2, 0.25) is 5.02 Å². The summed E-state index contributed by atoms with van der Waals surface area (Å²) in [5, 5.41) is 4.22. The zero-order valence-corrected chi connectivity index (χ0v) is 22.8. The van der Waals surface area contributed by atoms with Crippen molar-refractivity contribution in [2.75, 3.05) is 7.11 Å². The highest BCUT2D eigenvalue weighted by Gasteiger charge is 2.43. The number of imide groups is 1. The number of rotatable bonds is 7. The predicted molar refractivity (Wildman–Crippen MR) is 147 cm³/mol. The van der Waals surface area contributed by atoms with E-state index in [1.165, 1.54) is 36.2 Å². The molecule has 0 bridgehead atoms. The Hall–Kier alpha value is -4.16. The van der Waals surface area contributed by atoms with Crippen LogP contribution in [0.5, 0.6) is 0 Å². The number of hydrogen-bond donors (Lipinski definition) is 0. The molecule has 210 valence electrons. The number of halogens is 4. The fourth-order valence-corrected chi connectivity index (χ4v) is 5.52. The third kappa shape index (κ3) is 5.98. The van der Waals surface area contributed by atoms with E-state index >= 15 is 0 Å². The van der Waals surface area contributed by atoms with Gasteiger partial charge in [0, 0.05) is 28.7 Å². The van der Waals surface area contributed by atoms with E-state index in [1.807, 2.05) is 0 Å². The van der Waals surface area contributed by atoms with E-state index in [0.29, 0.717) is 33.9 Å². The maximum absolute atomic E-state index is 13.5. The number of carbonyl (C=O) groups excluding carboxylic acids is 3. The first-order chi connectivity index (χ1) is 19.5. The first-order valence-electron chi connectivity index (χ1n) is 12.1. The van der Waals surface area contributed by atoms with Gasteiger partial charge >= 0.3 is 12.1 Å². The van der Waals surface area contributed by atoms with Gasteiger partial charge in [-0.3, -0.25) is 24.2 Å². The van der Waals surface area contributed by atoms with E-state index < -0.39 is 34.9 Å². The molecule has 1 fully saturated rings. The topological polar surface area (TPSA) is 94.4 Å². The number of fused-ring (bicyclic) bond motifs is 1. The van der Waals surface area contributed by atoms with E-state index in [0.717, 1.165) is 11.0 Å². The summed E-state index contributed by atoms with van der Waals surface area (Å²) in [4.78, 5) is 43.8. The maximum atomic E-state index is 13.5. The van der Waals surface area contributed by atoms with E-state index in [9.17, 15) is 27.6 Å². The molecule has 1 aliphatic heterocycles. The highest BCUT2D eigenvalue weighted by molar-refractivity contribution is 8.18. The van der Waals surface area contributed by atoms with Gasteiger partial charge in [0.05, 0.1) is 35.8 Å². The average molecular weight is 601 g/mol. The van der Waals surface area contributed by atoms with Crippen LogP contribution in [-0.2, 0) is 33.5 Å². The van der Waals surface area contributed by atoms with Crippen molar-refractivity contribution >= 4 is 57.5 Å². The van der Waals surface area contributed by atoms with Gasteiger partial charge in [-0.15, -0.1) is 0 Å². The van der Waals surface area contributed by atoms with Crippen LogP contribution in [0, 0.1) is 0 Å². The molecule has 8 nitrogen and oxygen atoms in total. The summed E-state index contributed by atoms with van der Waals surface area (Å²) in [6, 6.07) is 12.5. The van der Waals surface area contributed by atoms with E-state index in [2.05, 4.69) is 10.1 Å². The van der Waals surface area contributed by atoms with Crippen molar-refractivity contribution < 1.29 is 32.3 Å². The van der Waals surface area contributed by atoms with Crippen molar-refractivity contribution in [3.05, 3.63) is 99.3 Å². The Bertz CT molecular complexity index is 1690. The third-order valence-electron chi connectivity index (χ3n) is 6.40. The van der Waals surface area contributed by atoms with Crippen LogP contribution in [0.4, 0.5) is 18.0 Å². The molecule has 41 heavy (non-hydrogen) atoms. The molecule has 1 saturated heterocycles. The summed E-state index contributed by atoms with van der Waals surface area (Å²) < 4.78 is 46.9. The van der Waals surface area contributed by atoms with Gasteiger partial charge in [0.25, 0.3) is 11.1 Å². The zero-order chi connectivity index (χ0) is 29.3. The number of hydrogen-bond acceptors (Lipinski definition) is 7. The molecule has 1 unspecified atom stereocenters. The number of aromatic nitrogens is 3. The van der Waals surface area contributed by atoms with Crippen LogP contribution >= 0.6 is 23.4 Å². The molecule has 2 amide bonds. The van der Waals surface area contributed by atoms with Gasteiger partial charge in [0.1, 0.15) is 6.04 Å². The number of methoxy groups -OCH3 is 1. The molecular weight excluding hydrogens is 581 g/mol. The lowest BCUT2D eigenvalue weighted by Gasteiger charge is -2.22. The zero-order valence-electron chi connectivity index (χ0n) is 21.3. The van der Waals surface area contributed by atoms with Gasteiger partial charge in [-0.25, -0.2) is 4.79 Å². The predicted octanol–water partition coefficient (Wildman–Crippen LogP) is 5.97. The number of amides is 2. The Kier molecular flexibility index (Phi) is 7.87. The van der Waals surface area contributed by atoms with Crippen molar-refractivity contribution in [2.45, 2.75) is 25.2 Å². The van der Waals surface area contributed by atoms with Crippen molar-refractivity contribution in [2.24, 2.45) is 0 Å². The minimum absolute atomic E-state index is 0.00630. The van der Waals surface area contributed by atoms with Crippen molar-refractivity contribution in [3.63, 3.8) is 0 Å². The lowest BCUT2D eigenvalue weighted by atomic mass is 10.1. The molecular formula is C28H20ClF3N4O4S. The highest BCUT2D eigenvalue weighted by atomic mass is 35.5. The molecule has 0 spiro atoms. The number of esters is 1. The minimum Gasteiger partial charge on any atom is -0.467 e. The van der Waals surface area contributed by atoms with E-state index in [-0.39, 0.29) is 28.5 Å². The molecule has 2 aromatic heterocycles. The minimum atomic E-state index is -4.58.